The number of rotatable bonds is 6. The Morgan fingerprint density at radius 3 is 2.74 bits per heavy atom. The third-order valence-electron chi connectivity index (χ3n) is 4.16. The van der Waals surface area contributed by atoms with Crippen LogP contribution < -0.4 is 5.32 Å². The monoisotopic (exact) mass is 396 g/mol. The number of thioether (sulfide) groups is 1. The minimum Gasteiger partial charge on any atom is -0.302 e. The van der Waals surface area contributed by atoms with Crippen molar-refractivity contribution in [2.24, 2.45) is 0 Å². The number of carbonyl (C=O) groups excluding carboxylic acids is 1. The minimum absolute atomic E-state index is 0.0296. The summed E-state index contributed by atoms with van der Waals surface area (Å²) in [6.07, 6.45) is 1.19. The zero-order valence-electron chi connectivity index (χ0n) is 14.4. The van der Waals surface area contributed by atoms with Crippen molar-refractivity contribution >= 4 is 55.1 Å². The van der Waals surface area contributed by atoms with Crippen LogP contribution in [0.5, 0.6) is 0 Å². The van der Waals surface area contributed by atoms with E-state index in [9.17, 15) is 9.18 Å². The minimum atomic E-state index is -0.234. The number of amides is 1. The molecule has 3 nitrogen and oxygen atoms in total. The molecule has 136 valence electrons. The predicted molar refractivity (Wildman–Crippen MR) is 112 cm³/mol. The van der Waals surface area contributed by atoms with E-state index >= 15 is 0 Å². The maximum Gasteiger partial charge on any atom is 0.226 e. The van der Waals surface area contributed by atoms with E-state index < -0.39 is 0 Å². The topological polar surface area (TPSA) is 42.0 Å². The maximum atomic E-state index is 12.9. The summed E-state index contributed by atoms with van der Waals surface area (Å²) in [6.45, 7) is 0. The van der Waals surface area contributed by atoms with Gasteiger partial charge >= 0.3 is 0 Å². The van der Waals surface area contributed by atoms with E-state index in [1.54, 1.807) is 23.9 Å². The van der Waals surface area contributed by atoms with Gasteiger partial charge in [0.1, 0.15) is 5.82 Å². The molecular weight excluding hydrogens is 379 g/mol. The van der Waals surface area contributed by atoms with E-state index in [-0.39, 0.29) is 11.7 Å². The molecule has 3 aromatic carbocycles. The quantitative estimate of drug-likeness (QED) is 0.316. The molecule has 0 unspecified atom stereocenters. The van der Waals surface area contributed by atoms with Gasteiger partial charge in [-0.1, -0.05) is 41.7 Å². The van der Waals surface area contributed by atoms with Crippen LogP contribution in [0.15, 0.2) is 65.6 Å². The van der Waals surface area contributed by atoms with Crippen molar-refractivity contribution in [3.63, 3.8) is 0 Å². The van der Waals surface area contributed by atoms with Gasteiger partial charge < -0.3 is 5.32 Å². The van der Waals surface area contributed by atoms with E-state index in [0.717, 1.165) is 38.1 Å². The smallest absolute Gasteiger partial charge is 0.226 e. The van der Waals surface area contributed by atoms with Crippen LogP contribution in [0.3, 0.4) is 0 Å². The Kier molecular flexibility index (Phi) is 5.36. The summed E-state index contributed by atoms with van der Waals surface area (Å²) < 4.78 is 13.9. The lowest BCUT2D eigenvalue weighted by atomic mass is 10.1. The maximum absolute atomic E-state index is 12.9. The Labute approximate surface area is 164 Å². The highest BCUT2D eigenvalue weighted by Crippen LogP contribution is 2.31. The predicted octanol–water partition coefficient (Wildman–Crippen LogP) is 6.10. The molecule has 1 heterocycles. The summed E-state index contributed by atoms with van der Waals surface area (Å²) in [6, 6.07) is 18.7. The summed E-state index contributed by atoms with van der Waals surface area (Å²) in [5.74, 6) is 0.546. The lowest BCUT2D eigenvalue weighted by Gasteiger charge is -2.02. The molecule has 0 saturated carbocycles. The molecule has 0 fully saturated rings. The van der Waals surface area contributed by atoms with Gasteiger partial charge in [0.15, 0.2) is 5.13 Å². The first kappa shape index (κ1) is 17.9. The van der Waals surface area contributed by atoms with Gasteiger partial charge in [-0.05, 0) is 47.9 Å². The van der Waals surface area contributed by atoms with Crippen LogP contribution in [-0.4, -0.2) is 16.6 Å². The highest BCUT2D eigenvalue weighted by atomic mass is 32.2. The second kappa shape index (κ2) is 8.06. The van der Waals surface area contributed by atoms with Crippen LogP contribution in [0.2, 0.25) is 0 Å². The largest absolute Gasteiger partial charge is 0.302 e. The lowest BCUT2D eigenvalue weighted by molar-refractivity contribution is -0.116. The number of thiazole rings is 1. The number of fused-ring (bicyclic) bond motifs is 3. The van der Waals surface area contributed by atoms with E-state index in [4.69, 9.17) is 0 Å². The summed E-state index contributed by atoms with van der Waals surface area (Å²) >= 11 is 3.12. The van der Waals surface area contributed by atoms with E-state index in [2.05, 4.69) is 28.5 Å². The molecule has 0 bridgehead atoms. The van der Waals surface area contributed by atoms with Crippen molar-refractivity contribution in [1.82, 2.24) is 4.98 Å². The molecule has 4 aromatic rings. The zero-order valence-corrected chi connectivity index (χ0v) is 16.1. The summed E-state index contributed by atoms with van der Waals surface area (Å²) in [7, 11) is 0. The van der Waals surface area contributed by atoms with Crippen molar-refractivity contribution in [2.45, 2.75) is 17.7 Å². The fourth-order valence-electron chi connectivity index (χ4n) is 2.85. The first-order chi connectivity index (χ1) is 13.2. The van der Waals surface area contributed by atoms with E-state index in [1.165, 1.54) is 23.5 Å². The molecule has 0 aliphatic heterocycles. The molecule has 6 heteroatoms. The van der Waals surface area contributed by atoms with Gasteiger partial charge in [0.2, 0.25) is 5.91 Å². The highest BCUT2D eigenvalue weighted by Gasteiger charge is 2.10. The average molecular weight is 397 g/mol. The van der Waals surface area contributed by atoms with Crippen LogP contribution in [0, 0.1) is 5.82 Å². The van der Waals surface area contributed by atoms with Gasteiger partial charge in [-0.15, -0.1) is 11.8 Å². The van der Waals surface area contributed by atoms with Crippen LogP contribution in [0.25, 0.3) is 21.0 Å². The number of nitrogens with one attached hydrogen (secondary N) is 1. The van der Waals surface area contributed by atoms with Gasteiger partial charge in [-0.2, -0.15) is 0 Å². The number of aromatic nitrogens is 1. The number of benzene rings is 3. The van der Waals surface area contributed by atoms with Crippen molar-refractivity contribution < 1.29 is 9.18 Å². The SMILES string of the molecule is O=C(CCCSc1ccc(F)cc1)Nc1nc2c(ccc3ccccc32)s1. The average Bonchev–Trinajstić information content (AvgIpc) is 3.09. The van der Waals surface area contributed by atoms with Crippen LogP contribution >= 0.6 is 23.1 Å². The second-order valence-electron chi connectivity index (χ2n) is 6.11. The van der Waals surface area contributed by atoms with Crippen molar-refractivity contribution in [2.75, 3.05) is 11.1 Å². The first-order valence-corrected chi connectivity index (χ1v) is 10.5. The number of anilines is 1. The van der Waals surface area contributed by atoms with Crippen LogP contribution in [0.1, 0.15) is 12.8 Å². The standard InChI is InChI=1S/C21H17FN2OS2/c22-15-8-10-16(11-9-15)26-13-3-6-19(25)23-21-24-20-17-5-2-1-4-14(17)7-12-18(20)27-21/h1-2,4-5,7-12H,3,6,13H2,(H,23,24,25). The molecule has 0 aliphatic carbocycles. The molecule has 0 aliphatic rings. The molecular formula is C21H17FN2OS2. The third kappa shape index (κ3) is 4.28. The molecule has 4 rings (SSSR count). The molecule has 0 radical (unpaired) electrons. The number of hydrogen-bond donors (Lipinski definition) is 1. The molecule has 1 aromatic heterocycles. The Bertz CT molecular complexity index is 1090. The van der Waals surface area contributed by atoms with Gasteiger partial charge in [0, 0.05) is 16.7 Å². The Morgan fingerprint density at radius 1 is 1.07 bits per heavy atom. The van der Waals surface area contributed by atoms with Crippen molar-refractivity contribution in [3.05, 3.63) is 66.5 Å². The Hall–Kier alpha value is -2.44. The van der Waals surface area contributed by atoms with Gasteiger partial charge in [0.05, 0.1) is 10.2 Å². The number of hydrogen-bond acceptors (Lipinski definition) is 4. The van der Waals surface area contributed by atoms with Crippen LogP contribution in [0.4, 0.5) is 9.52 Å². The van der Waals surface area contributed by atoms with Crippen molar-refractivity contribution in [3.8, 4) is 0 Å². The number of nitrogens with zero attached hydrogens (tertiary/aromatic N) is 1. The van der Waals surface area contributed by atoms with Crippen molar-refractivity contribution in [1.29, 1.82) is 0 Å². The number of carbonyl (C=O) groups is 1. The molecule has 0 saturated heterocycles. The van der Waals surface area contributed by atoms with E-state index in [0.29, 0.717) is 11.6 Å². The molecule has 1 N–H and O–H groups in total. The summed E-state index contributed by atoms with van der Waals surface area (Å²) in [4.78, 5) is 17.8. The fraction of sp³-hybridized carbons (Fsp3) is 0.143. The molecule has 0 atom stereocenters. The molecule has 27 heavy (non-hydrogen) atoms. The van der Waals surface area contributed by atoms with E-state index in [1.807, 2.05) is 18.2 Å². The van der Waals surface area contributed by atoms with Gasteiger partial charge in [-0.25, -0.2) is 9.37 Å². The molecule has 0 spiro atoms. The first-order valence-electron chi connectivity index (χ1n) is 8.65. The normalized spacial score (nSPS) is 11.1. The highest BCUT2D eigenvalue weighted by molar-refractivity contribution is 7.99. The van der Waals surface area contributed by atoms with Crippen LogP contribution in [-0.2, 0) is 4.79 Å². The summed E-state index contributed by atoms with van der Waals surface area (Å²) in [5, 5.41) is 5.79. The lowest BCUT2D eigenvalue weighted by Crippen LogP contribution is -2.11. The second-order valence-corrected chi connectivity index (χ2v) is 8.31. The Balaban J connectivity index is 1.34. The van der Waals surface area contributed by atoms with Gasteiger partial charge in [0.25, 0.3) is 0 Å². The molecule has 1 amide bonds. The third-order valence-corrected chi connectivity index (χ3v) is 6.19. The zero-order chi connectivity index (χ0) is 18.6. The Morgan fingerprint density at radius 2 is 1.89 bits per heavy atom. The summed E-state index contributed by atoms with van der Waals surface area (Å²) in [5.41, 5.74) is 0.931. The van der Waals surface area contributed by atoms with Gasteiger partial charge in [-0.3, -0.25) is 4.79 Å². The fourth-order valence-corrected chi connectivity index (χ4v) is 4.60. The number of halogens is 1.